The molecule has 3 aliphatic carbocycles. The van der Waals surface area contributed by atoms with Crippen molar-refractivity contribution in [2.75, 3.05) is 0 Å². The van der Waals surface area contributed by atoms with Crippen molar-refractivity contribution in [3.63, 3.8) is 0 Å². The second kappa shape index (κ2) is 10.4. The fourth-order valence-electron chi connectivity index (χ4n) is 6.23. The van der Waals surface area contributed by atoms with Crippen LogP contribution in [0.1, 0.15) is 80.9 Å². The summed E-state index contributed by atoms with van der Waals surface area (Å²) in [6.45, 7) is 10.3. The van der Waals surface area contributed by atoms with E-state index in [0.717, 1.165) is 19.0 Å². The molecule has 38 heavy (non-hydrogen) atoms. The SMILES string of the molecule is [2H]c1c([2H])c([2H])c(C([2H])([2H])C([2H])(NC(=O)c2cnccn2)C(=O)N[C@@H](CC(C)C)B2O[C@@H]3C[C@H]4C[C@H](C4(C)C)[C@]3(C)O2)c([2H])c1[2H]. The van der Waals surface area contributed by atoms with Gasteiger partial charge in [-0.15, -0.1) is 0 Å². The zero-order chi connectivity index (χ0) is 34.1. The molecule has 2 bridgehead atoms. The molecule has 2 heterocycles. The van der Waals surface area contributed by atoms with Crippen molar-refractivity contribution in [2.45, 2.75) is 83.9 Å². The van der Waals surface area contributed by atoms with Gasteiger partial charge in [-0.2, -0.15) is 0 Å². The third kappa shape index (κ3) is 5.10. The molecular formula is C29H39BN4O4. The molecule has 4 aliphatic rings. The van der Waals surface area contributed by atoms with E-state index >= 15 is 0 Å². The van der Waals surface area contributed by atoms with Crippen LogP contribution in [0.4, 0.5) is 0 Å². The Morgan fingerprint density at radius 1 is 1.21 bits per heavy atom. The van der Waals surface area contributed by atoms with E-state index in [1.54, 1.807) is 0 Å². The molecule has 6 atom stereocenters. The molecule has 3 saturated carbocycles. The van der Waals surface area contributed by atoms with Gasteiger partial charge in [-0.1, -0.05) is 57.9 Å². The number of aromatic nitrogens is 2. The van der Waals surface area contributed by atoms with E-state index in [1.807, 2.05) is 20.8 Å². The third-order valence-electron chi connectivity index (χ3n) is 8.35. The van der Waals surface area contributed by atoms with Gasteiger partial charge in [-0.25, -0.2) is 4.98 Å². The number of carbonyl (C=O) groups excluding carboxylic acids is 2. The van der Waals surface area contributed by atoms with Gasteiger partial charge in [0.25, 0.3) is 5.91 Å². The standard InChI is InChI=1S/C29H39BN4O4/c1-18(2)13-25(30-37-24-16-20-15-23(28(20,3)4)29(24,5)38-30)34-26(35)21(14-19-9-7-6-8-10-19)33-27(36)22-17-31-11-12-32-22/h6-12,17-18,20-21,23-25H,13-16H2,1-5H3,(H,33,36)(H,34,35)/t20-,21?,23-,24-,25+,29+/m1/s1/i6D,7D,8D,9D,10D,14D2,21D. The van der Waals surface area contributed by atoms with Crippen LogP contribution >= 0.6 is 0 Å². The van der Waals surface area contributed by atoms with Crippen molar-refractivity contribution < 1.29 is 29.9 Å². The lowest BCUT2D eigenvalue weighted by atomic mass is 9.43. The van der Waals surface area contributed by atoms with Crippen LogP contribution in [0.15, 0.2) is 48.8 Å². The summed E-state index contributed by atoms with van der Waals surface area (Å²) in [5.74, 6) is -2.66. The number of nitrogens with one attached hydrogen (secondary N) is 2. The van der Waals surface area contributed by atoms with Gasteiger partial charge in [0.05, 0.1) is 32.1 Å². The van der Waals surface area contributed by atoms with Gasteiger partial charge in [-0.05, 0) is 54.9 Å². The Morgan fingerprint density at radius 3 is 2.63 bits per heavy atom. The smallest absolute Gasteiger partial charge is 0.404 e. The average Bonchev–Trinajstić information content (AvgIpc) is 3.35. The molecule has 1 aromatic heterocycles. The first-order valence-electron chi connectivity index (χ1n) is 17.1. The van der Waals surface area contributed by atoms with Crippen molar-refractivity contribution in [3.05, 3.63) is 60.1 Å². The maximum atomic E-state index is 14.3. The van der Waals surface area contributed by atoms with Crippen LogP contribution in [-0.2, 0) is 20.5 Å². The fraction of sp³-hybridized carbons (Fsp3) is 0.586. The number of hydrogen-bond donors (Lipinski definition) is 2. The summed E-state index contributed by atoms with van der Waals surface area (Å²) in [6, 6.07) is -7.66. The highest BCUT2D eigenvalue weighted by molar-refractivity contribution is 6.48. The minimum atomic E-state index is -3.37. The van der Waals surface area contributed by atoms with Crippen LogP contribution in [0.5, 0.6) is 0 Å². The normalized spacial score (nSPS) is 32.9. The first-order valence-corrected chi connectivity index (χ1v) is 13.1. The molecule has 9 heteroatoms. The highest BCUT2D eigenvalue weighted by Crippen LogP contribution is 2.65. The van der Waals surface area contributed by atoms with Crippen LogP contribution in [0, 0.1) is 23.2 Å². The molecular weight excluding hydrogens is 479 g/mol. The number of rotatable bonds is 9. The monoisotopic (exact) mass is 526 g/mol. The zero-order valence-corrected chi connectivity index (χ0v) is 22.3. The molecule has 202 valence electrons. The van der Waals surface area contributed by atoms with E-state index in [4.69, 9.17) is 18.9 Å². The zero-order valence-electron chi connectivity index (χ0n) is 30.3. The van der Waals surface area contributed by atoms with E-state index in [2.05, 4.69) is 34.4 Å². The second-order valence-electron chi connectivity index (χ2n) is 11.6. The summed E-state index contributed by atoms with van der Waals surface area (Å²) in [6.07, 6.45) is 2.05. The lowest BCUT2D eigenvalue weighted by Crippen LogP contribution is -2.65. The first-order chi connectivity index (χ1) is 21.3. The maximum Gasteiger partial charge on any atom is 0.481 e. The largest absolute Gasteiger partial charge is 0.481 e. The Kier molecular flexibility index (Phi) is 5.07. The van der Waals surface area contributed by atoms with Gasteiger partial charge in [0, 0.05) is 21.5 Å². The Balaban J connectivity index is 1.54. The van der Waals surface area contributed by atoms with Crippen LogP contribution in [0.3, 0.4) is 0 Å². The Bertz CT molecular complexity index is 1520. The maximum absolute atomic E-state index is 14.3. The Hall–Kier alpha value is -2.78. The number of nitrogens with zero attached hydrogens (tertiary/aromatic N) is 2. The van der Waals surface area contributed by atoms with Gasteiger partial charge >= 0.3 is 7.12 Å². The summed E-state index contributed by atoms with van der Waals surface area (Å²) < 4.78 is 81.2. The molecule has 2 aromatic rings. The van der Waals surface area contributed by atoms with Gasteiger partial charge in [0.1, 0.15) is 11.7 Å². The summed E-state index contributed by atoms with van der Waals surface area (Å²) in [4.78, 5) is 35.3. The molecule has 8 nitrogen and oxygen atoms in total. The topological polar surface area (TPSA) is 102 Å². The number of amides is 2. The predicted molar refractivity (Wildman–Crippen MR) is 145 cm³/mol. The highest BCUT2D eigenvalue weighted by atomic mass is 16.7. The van der Waals surface area contributed by atoms with Crippen LogP contribution in [-0.4, -0.2) is 52.6 Å². The van der Waals surface area contributed by atoms with E-state index in [9.17, 15) is 11.0 Å². The summed E-state index contributed by atoms with van der Waals surface area (Å²) in [7, 11) is -0.942. The summed E-state index contributed by atoms with van der Waals surface area (Å²) in [5, 5.41) is 4.81. The van der Waals surface area contributed by atoms with Crippen molar-refractivity contribution in [2.24, 2.45) is 23.2 Å². The first kappa shape index (κ1) is 18.5. The Labute approximate surface area is 237 Å². The molecule has 1 aliphatic heterocycles. The molecule has 1 aromatic carbocycles. The van der Waals surface area contributed by atoms with E-state index in [0.29, 0.717) is 12.3 Å². The molecule has 4 fully saturated rings. The average molecular weight is 527 g/mol. The van der Waals surface area contributed by atoms with E-state index in [1.165, 1.54) is 12.4 Å². The van der Waals surface area contributed by atoms with Crippen molar-refractivity contribution in [3.8, 4) is 0 Å². The minimum Gasteiger partial charge on any atom is -0.404 e. The molecule has 1 unspecified atom stereocenters. The molecule has 1 saturated heterocycles. The lowest BCUT2D eigenvalue weighted by Gasteiger charge is -2.64. The molecule has 6 rings (SSSR count). The molecule has 0 radical (unpaired) electrons. The number of benzene rings is 1. The van der Waals surface area contributed by atoms with Crippen LogP contribution in [0.25, 0.3) is 0 Å². The Morgan fingerprint density at radius 2 is 1.97 bits per heavy atom. The lowest BCUT2D eigenvalue weighted by molar-refractivity contribution is -0.199. The predicted octanol–water partition coefficient (Wildman–Crippen LogP) is 3.62. The summed E-state index contributed by atoms with van der Waals surface area (Å²) >= 11 is 0. The van der Waals surface area contributed by atoms with E-state index in [-0.39, 0.29) is 29.0 Å². The van der Waals surface area contributed by atoms with Crippen molar-refractivity contribution in [1.29, 1.82) is 0 Å². The highest BCUT2D eigenvalue weighted by Gasteiger charge is 2.68. The third-order valence-corrected chi connectivity index (χ3v) is 8.35. The van der Waals surface area contributed by atoms with Gasteiger partial charge < -0.3 is 19.9 Å². The minimum absolute atomic E-state index is 0.00911. The van der Waals surface area contributed by atoms with Crippen LogP contribution in [0.2, 0.25) is 0 Å². The molecule has 0 spiro atoms. The number of carbonyl (C=O) groups is 2. The van der Waals surface area contributed by atoms with E-state index < -0.39 is 78.6 Å². The van der Waals surface area contributed by atoms with Crippen molar-refractivity contribution >= 4 is 18.9 Å². The number of hydrogen-bond acceptors (Lipinski definition) is 6. The molecule has 2 amide bonds. The second-order valence-corrected chi connectivity index (χ2v) is 11.6. The quantitative estimate of drug-likeness (QED) is 0.484. The van der Waals surface area contributed by atoms with Gasteiger partial charge in [0.15, 0.2) is 0 Å². The summed E-state index contributed by atoms with van der Waals surface area (Å²) in [5.41, 5.74) is -1.86. The van der Waals surface area contributed by atoms with Crippen LogP contribution < -0.4 is 10.6 Å². The van der Waals surface area contributed by atoms with Gasteiger partial charge in [0.2, 0.25) is 5.91 Å². The molecule has 2 N–H and O–H groups in total. The van der Waals surface area contributed by atoms with Gasteiger partial charge in [-0.3, -0.25) is 14.6 Å². The fourth-order valence-corrected chi connectivity index (χ4v) is 6.23. The van der Waals surface area contributed by atoms with Crippen molar-refractivity contribution in [1.82, 2.24) is 20.6 Å².